The lowest BCUT2D eigenvalue weighted by Gasteiger charge is -2.35. The van der Waals surface area contributed by atoms with Crippen LogP contribution in [0, 0.1) is 11.7 Å². The second-order valence-electron chi connectivity index (χ2n) is 7.77. The Balaban J connectivity index is 1.49. The van der Waals surface area contributed by atoms with Crippen LogP contribution < -0.4 is 0 Å². The van der Waals surface area contributed by atoms with Crippen molar-refractivity contribution in [1.29, 1.82) is 0 Å². The number of carbonyl (C=O) groups is 1. The van der Waals surface area contributed by atoms with Crippen molar-refractivity contribution in [3.05, 3.63) is 48.0 Å². The standard InChI is InChI=1S/C22H26FN3O/c23-19-10-4-8-17(14-19)21-24-12-11-20(25-21)18-9-5-13-26(15-18)22(27)16-6-2-1-3-7-16/h4,8,10-12,14,16,18H,1-3,5-7,9,13,15H2/t18-/m1/s1. The van der Waals surface area contributed by atoms with E-state index in [0.29, 0.717) is 17.3 Å². The molecule has 1 aliphatic heterocycles. The van der Waals surface area contributed by atoms with Gasteiger partial charge in [0.05, 0.1) is 0 Å². The highest BCUT2D eigenvalue weighted by molar-refractivity contribution is 5.79. The van der Waals surface area contributed by atoms with Gasteiger partial charge < -0.3 is 4.90 Å². The first-order valence-corrected chi connectivity index (χ1v) is 10.1. The molecular formula is C22H26FN3O. The average Bonchev–Trinajstić information content (AvgIpc) is 2.74. The second-order valence-corrected chi connectivity index (χ2v) is 7.77. The molecule has 4 nitrogen and oxygen atoms in total. The van der Waals surface area contributed by atoms with Crippen LogP contribution in [0.2, 0.25) is 0 Å². The number of halogens is 1. The molecule has 5 heteroatoms. The van der Waals surface area contributed by atoms with Crippen LogP contribution in [0.5, 0.6) is 0 Å². The van der Waals surface area contributed by atoms with Crippen LogP contribution in [0.3, 0.4) is 0 Å². The van der Waals surface area contributed by atoms with E-state index < -0.39 is 0 Å². The minimum Gasteiger partial charge on any atom is -0.342 e. The third-order valence-electron chi connectivity index (χ3n) is 5.87. The van der Waals surface area contributed by atoms with Crippen LogP contribution in [0.4, 0.5) is 4.39 Å². The molecule has 2 aromatic rings. The lowest BCUT2D eigenvalue weighted by Crippen LogP contribution is -2.43. The molecule has 27 heavy (non-hydrogen) atoms. The fraction of sp³-hybridized carbons (Fsp3) is 0.500. The number of piperidine rings is 1. The van der Waals surface area contributed by atoms with Gasteiger partial charge in [0.2, 0.25) is 5.91 Å². The summed E-state index contributed by atoms with van der Waals surface area (Å²) in [5.74, 6) is 1.03. The summed E-state index contributed by atoms with van der Waals surface area (Å²) < 4.78 is 13.5. The van der Waals surface area contributed by atoms with Gasteiger partial charge in [-0.05, 0) is 43.9 Å². The van der Waals surface area contributed by atoms with Crippen molar-refractivity contribution in [2.75, 3.05) is 13.1 Å². The van der Waals surface area contributed by atoms with Gasteiger partial charge >= 0.3 is 0 Å². The number of nitrogens with zero attached hydrogens (tertiary/aromatic N) is 3. The molecule has 1 amide bonds. The van der Waals surface area contributed by atoms with Gasteiger partial charge in [-0.15, -0.1) is 0 Å². The highest BCUT2D eigenvalue weighted by Gasteiger charge is 2.30. The van der Waals surface area contributed by atoms with E-state index in [0.717, 1.165) is 44.5 Å². The summed E-state index contributed by atoms with van der Waals surface area (Å²) in [5, 5.41) is 0. The second kappa shape index (κ2) is 8.15. The van der Waals surface area contributed by atoms with Gasteiger partial charge in [0.1, 0.15) is 5.82 Å². The zero-order valence-corrected chi connectivity index (χ0v) is 15.6. The number of aromatic nitrogens is 2. The maximum atomic E-state index is 13.5. The Morgan fingerprint density at radius 1 is 1.07 bits per heavy atom. The van der Waals surface area contributed by atoms with E-state index in [1.165, 1.54) is 31.4 Å². The number of hydrogen-bond acceptors (Lipinski definition) is 3. The van der Waals surface area contributed by atoms with E-state index in [4.69, 9.17) is 4.98 Å². The fourth-order valence-electron chi connectivity index (χ4n) is 4.39. The number of rotatable bonds is 3. The summed E-state index contributed by atoms with van der Waals surface area (Å²) in [6, 6.07) is 8.30. The molecule has 4 rings (SSSR count). The van der Waals surface area contributed by atoms with Crippen LogP contribution in [0.1, 0.15) is 56.6 Å². The van der Waals surface area contributed by atoms with Crippen LogP contribution in [-0.4, -0.2) is 33.9 Å². The zero-order valence-electron chi connectivity index (χ0n) is 15.6. The first-order valence-electron chi connectivity index (χ1n) is 10.1. The molecular weight excluding hydrogens is 341 g/mol. The summed E-state index contributed by atoms with van der Waals surface area (Å²) in [4.78, 5) is 24.0. The van der Waals surface area contributed by atoms with E-state index in [-0.39, 0.29) is 17.7 Å². The van der Waals surface area contributed by atoms with Gasteiger partial charge in [-0.25, -0.2) is 14.4 Å². The quantitative estimate of drug-likeness (QED) is 0.798. The Kier molecular flexibility index (Phi) is 5.46. The molecule has 2 heterocycles. The number of likely N-dealkylation sites (tertiary alicyclic amines) is 1. The van der Waals surface area contributed by atoms with E-state index in [1.54, 1.807) is 12.3 Å². The molecule has 142 valence electrons. The van der Waals surface area contributed by atoms with Crippen molar-refractivity contribution in [1.82, 2.24) is 14.9 Å². The molecule has 0 N–H and O–H groups in total. The lowest BCUT2D eigenvalue weighted by molar-refractivity contribution is -0.137. The van der Waals surface area contributed by atoms with Crippen LogP contribution in [0.15, 0.2) is 36.5 Å². The topological polar surface area (TPSA) is 46.1 Å². The number of hydrogen-bond donors (Lipinski definition) is 0. The first kappa shape index (κ1) is 18.1. The number of benzene rings is 1. The Labute approximate surface area is 159 Å². The van der Waals surface area contributed by atoms with Gasteiger partial charge in [0, 0.05) is 42.4 Å². The summed E-state index contributed by atoms with van der Waals surface area (Å²) in [6.45, 7) is 1.59. The van der Waals surface area contributed by atoms with Crippen molar-refractivity contribution >= 4 is 5.91 Å². The number of carbonyl (C=O) groups excluding carboxylic acids is 1. The minimum absolute atomic E-state index is 0.214. The molecule has 0 radical (unpaired) electrons. The van der Waals surface area contributed by atoms with Crippen LogP contribution in [-0.2, 0) is 4.79 Å². The predicted molar refractivity (Wildman–Crippen MR) is 103 cm³/mol. The van der Waals surface area contributed by atoms with Crippen LogP contribution >= 0.6 is 0 Å². The molecule has 2 aliphatic rings. The third kappa shape index (κ3) is 4.18. The molecule has 1 saturated heterocycles. The summed E-state index contributed by atoms with van der Waals surface area (Å²) >= 11 is 0. The predicted octanol–water partition coefficient (Wildman–Crippen LogP) is 4.57. The largest absolute Gasteiger partial charge is 0.342 e. The Hall–Kier alpha value is -2.30. The molecule has 2 fully saturated rings. The highest BCUT2D eigenvalue weighted by Crippen LogP contribution is 2.31. The molecule has 1 aromatic carbocycles. The van der Waals surface area contributed by atoms with Gasteiger partial charge in [-0.2, -0.15) is 0 Å². The fourth-order valence-corrected chi connectivity index (χ4v) is 4.39. The van der Waals surface area contributed by atoms with Crippen LogP contribution in [0.25, 0.3) is 11.4 Å². The van der Waals surface area contributed by atoms with Crippen molar-refractivity contribution < 1.29 is 9.18 Å². The maximum absolute atomic E-state index is 13.5. The Morgan fingerprint density at radius 3 is 2.74 bits per heavy atom. The minimum atomic E-state index is -0.288. The molecule has 0 spiro atoms. The monoisotopic (exact) mass is 367 g/mol. The van der Waals surface area contributed by atoms with E-state index in [9.17, 15) is 9.18 Å². The molecule has 1 saturated carbocycles. The van der Waals surface area contributed by atoms with E-state index in [2.05, 4.69) is 4.98 Å². The first-order chi connectivity index (χ1) is 13.2. The van der Waals surface area contributed by atoms with Gasteiger partial charge in [-0.1, -0.05) is 31.4 Å². The Bertz CT molecular complexity index is 804. The maximum Gasteiger partial charge on any atom is 0.225 e. The third-order valence-corrected chi connectivity index (χ3v) is 5.87. The Morgan fingerprint density at radius 2 is 1.93 bits per heavy atom. The smallest absolute Gasteiger partial charge is 0.225 e. The van der Waals surface area contributed by atoms with E-state index >= 15 is 0 Å². The molecule has 0 unspecified atom stereocenters. The zero-order chi connectivity index (χ0) is 18.6. The van der Waals surface area contributed by atoms with Crippen molar-refractivity contribution in [2.24, 2.45) is 5.92 Å². The van der Waals surface area contributed by atoms with Gasteiger partial charge in [-0.3, -0.25) is 4.79 Å². The van der Waals surface area contributed by atoms with Crippen molar-refractivity contribution in [3.8, 4) is 11.4 Å². The SMILES string of the molecule is O=C(C1CCCCC1)N1CCC[C@@H](c2ccnc(-c3cccc(F)c3)n2)C1. The summed E-state index contributed by atoms with van der Waals surface area (Å²) in [6.07, 6.45) is 9.46. The highest BCUT2D eigenvalue weighted by atomic mass is 19.1. The van der Waals surface area contributed by atoms with Gasteiger partial charge in [0.15, 0.2) is 5.82 Å². The normalized spacial score (nSPS) is 21.2. The van der Waals surface area contributed by atoms with Crippen molar-refractivity contribution in [3.63, 3.8) is 0 Å². The molecule has 1 aromatic heterocycles. The molecule has 1 aliphatic carbocycles. The molecule has 1 atom stereocenters. The molecule has 0 bridgehead atoms. The summed E-state index contributed by atoms with van der Waals surface area (Å²) in [7, 11) is 0. The van der Waals surface area contributed by atoms with E-state index in [1.807, 2.05) is 17.0 Å². The summed E-state index contributed by atoms with van der Waals surface area (Å²) in [5.41, 5.74) is 1.63. The van der Waals surface area contributed by atoms with Gasteiger partial charge in [0.25, 0.3) is 0 Å². The number of amides is 1. The van der Waals surface area contributed by atoms with Crippen molar-refractivity contribution in [2.45, 2.75) is 50.9 Å². The average molecular weight is 367 g/mol. The lowest BCUT2D eigenvalue weighted by atomic mass is 9.87.